The number of aryl methyl sites for hydroxylation is 7. The molecule has 7 aromatic carbocycles. The van der Waals surface area contributed by atoms with Gasteiger partial charge in [0, 0.05) is 71.9 Å². The van der Waals surface area contributed by atoms with E-state index in [2.05, 4.69) is 96.2 Å². The van der Waals surface area contributed by atoms with E-state index in [0.717, 1.165) is 82.5 Å². The number of benzene rings is 7. The van der Waals surface area contributed by atoms with Crippen molar-refractivity contribution in [1.29, 1.82) is 0 Å². The van der Waals surface area contributed by atoms with Crippen molar-refractivity contribution in [2.24, 2.45) is 25.6 Å². The number of rotatable bonds is 18. The summed E-state index contributed by atoms with van der Waals surface area (Å²) >= 11 is 9.27. The Hall–Kier alpha value is -5.85. The lowest BCUT2D eigenvalue weighted by atomic mass is 9.98. The lowest BCUT2D eigenvalue weighted by Crippen LogP contribution is -2.30. The van der Waals surface area contributed by atoms with Gasteiger partial charge in [0.15, 0.2) is 0 Å². The van der Waals surface area contributed by atoms with E-state index in [1.807, 2.05) is 149 Å². The standard InChI is InChI=1S/C21H25N3O2S.C17H20BrNO2S.C9H11BrFNO2S.C7H9N.C6H3BrClFO2S.C5H8N2.C3H9N/c1-16(2)23-27(25,26)19-12-11-18(10-9-17-7-5-4-6-8-17)20(13-19)21-14-24(3)15-22-21;1-13(2)19-22(20,21)16-11-10-15(17(18)12-16)9-8-14-6-4-3-5-7-14;1-6(2)12-15(13,14)7-3-4-9(11)8(10)5-7;8-6-7-4-2-1-3-5-7;7-5-3-4(12(8,10)11)1-2-6(5)9;1-5-3-7(2)4-6-5;1-3(2)4/h4-8,11-16,23H,9-10H2,1-3H3;3-7,10-13,19H,8-9H2,1-2H3;3-6,12H,1-2H3;1-5H,6,8H2;1-3H;3-4H,1-2H3;3H,4H2,1-2H3. The Kier molecular flexibility index (Phi) is 35.8. The molecule has 2 heterocycles. The van der Waals surface area contributed by atoms with Gasteiger partial charge in [-0.15, -0.1) is 0 Å². The zero-order valence-electron chi connectivity index (χ0n) is 54.9. The summed E-state index contributed by atoms with van der Waals surface area (Å²) in [4.78, 5) is 8.88. The molecule has 0 amide bonds. The molecule has 0 bridgehead atoms. The van der Waals surface area contributed by atoms with Crippen molar-refractivity contribution in [3.63, 3.8) is 0 Å². The fraction of sp³-hybridized carbons (Fsp3) is 0.294. The Morgan fingerprint density at radius 3 is 1.15 bits per heavy atom. The third kappa shape index (κ3) is 31.9. The van der Waals surface area contributed by atoms with Crippen LogP contribution in [0.3, 0.4) is 0 Å². The summed E-state index contributed by atoms with van der Waals surface area (Å²) in [7, 11) is -5.44. The lowest BCUT2D eigenvalue weighted by molar-refractivity contribution is 0.567. The molecule has 2 aromatic heterocycles. The van der Waals surface area contributed by atoms with Gasteiger partial charge in [-0.1, -0.05) is 133 Å². The first-order valence-electron chi connectivity index (χ1n) is 29.8. The molecule has 0 saturated heterocycles. The third-order valence-electron chi connectivity index (χ3n) is 12.2. The predicted molar refractivity (Wildman–Crippen MR) is 390 cm³/mol. The van der Waals surface area contributed by atoms with Gasteiger partial charge in [0.05, 0.1) is 52.6 Å². The molecule has 0 aliphatic heterocycles. The molecule has 0 aliphatic rings. The number of sulfonamides is 3. The second-order valence-electron chi connectivity index (χ2n) is 22.5. The Bertz CT molecular complexity index is 4250. The van der Waals surface area contributed by atoms with Crippen molar-refractivity contribution in [3.8, 4) is 11.3 Å². The van der Waals surface area contributed by atoms with Crippen LogP contribution in [0.5, 0.6) is 0 Å². The van der Waals surface area contributed by atoms with Crippen LogP contribution < -0.4 is 25.6 Å². The highest BCUT2D eigenvalue weighted by Crippen LogP contribution is 2.28. The molecule has 0 saturated carbocycles. The third-order valence-corrected chi connectivity index (χ3v) is 20.5. The molecule has 0 unspecified atom stereocenters. The normalized spacial score (nSPS) is 11.3. The largest absolute Gasteiger partial charge is 0.340 e. The topological polar surface area (TPSA) is 260 Å². The van der Waals surface area contributed by atoms with Crippen LogP contribution in [0.15, 0.2) is 222 Å². The van der Waals surface area contributed by atoms with E-state index in [1.54, 1.807) is 64.6 Å². The molecule has 0 aliphatic carbocycles. The van der Waals surface area contributed by atoms with E-state index in [0.29, 0.717) is 12.6 Å². The monoisotopic (exact) mass is 1590 g/mol. The van der Waals surface area contributed by atoms with Crippen LogP contribution in [0.25, 0.3) is 11.3 Å². The molecule has 0 spiro atoms. The molecule has 95 heavy (non-hydrogen) atoms. The van der Waals surface area contributed by atoms with E-state index in [-0.39, 0.29) is 46.7 Å². The van der Waals surface area contributed by atoms with E-state index in [4.69, 9.17) is 22.1 Å². The first-order chi connectivity index (χ1) is 44.4. The number of hydrogen-bond acceptors (Lipinski definition) is 12. The van der Waals surface area contributed by atoms with Gasteiger partial charge in [-0.3, -0.25) is 0 Å². The van der Waals surface area contributed by atoms with Crippen LogP contribution in [0, 0.1) is 18.6 Å². The zero-order chi connectivity index (χ0) is 71.3. The smallest absolute Gasteiger partial charge is 0.261 e. The maximum atomic E-state index is 12.9. The van der Waals surface area contributed by atoms with Crippen LogP contribution in [0.2, 0.25) is 0 Å². The van der Waals surface area contributed by atoms with Crippen molar-refractivity contribution in [2.75, 3.05) is 0 Å². The summed E-state index contributed by atoms with van der Waals surface area (Å²) in [5.41, 5.74) is 19.1. The molecule has 0 radical (unpaired) electrons. The van der Waals surface area contributed by atoms with Crippen molar-refractivity contribution < 1.29 is 42.5 Å². The molecule has 9 rings (SSSR count). The molecular weight excluding hydrogens is 1510 g/mol. The minimum absolute atomic E-state index is 0.0458. The van der Waals surface area contributed by atoms with Crippen molar-refractivity contribution in [1.82, 2.24) is 33.3 Å². The average molecular weight is 1600 g/mol. The van der Waals surface area contributed by atoms with Gasteiger partial charge in [0.25, 0.3) is 9.05 Å². The summed E-state index contributed by atoms with van der Waals surface area (Å²) in [6, 6.07) is 47.7. The number of nitrogens with two attached hydrogens (primary N) is 2. The summed E-state index contributed by atoms with van der Waals surface area (Å²) in [6.07, 6.45) is 10.9. The number of imidazole rings is 2. The minimum Gasteiger partial charge on any atom is -0.340 e. The maximum absolute atomic E-state index is 12.9. The molecular formula is C68H85Br3ClF2N9O8S4. The Balaban J connectivity index is 0.000000310. The van der Waals surface area contributed by atoms with E-state index >= 15 is 0 Å². The van der Waals surface area contributed by atoms with Gasteiger partial charge in [-0.25, -0.2) is 66.6 Å². The molecule has 0 atom stereocenters. The molecule has 0 fully saturated rings. The van der Waals surface area contributed by atoms with Crippen LogP contribution in [0.1, 0.15) is 88.9 Å². The SMILES string of the molecule is CC(C)N.CC(C)NS(=O)(=O)c1ccc(CCc2ccccc2)c(-c2cn(C)cn2)c1.CC(C)NS(=O)(=O)c1ccc(CCc2ccccc2)c(Br)c1.CC(C)NS(=O)(=O)c1ccc(F)c(Br)c1.Cc1cn(C)cn1.NCc1ccccc1.O=S(=O)(Cl)c1ccc(F)c(Br)c1. The zero-order valence-corrected chi connectivity index (χ0v) is 63.6. The molecule has 9 aromatic rings. The van der Waals surface area contributed by atoms with Crippen molar-refractivity contribution in [2.45, 2.75) is 138 Å². The van der Waals surface area contributed by atoms with E-state index in [1.165, 1.54) is 28.8 Å². The number of hydrogen-bond donors (Lipinski definition) is 5. The molecule has 516 valence electrons. The number of nitrogens with zero attached hydrogens (tertiary/aromatic N) is 4. The summed E-state index contributed by atoms with van der Waals surface area (Å²) < 4.78 is 132. The minimum atomic E-state index is -3.77. The highest BCUT2D eigenvalue weighted by Gasteiger charge is 2.21. The van der Waals surface area contributed by atoms with Crippen LogP contribution in [0.4, 0.5) is 8.78 Å². The summed E-state index contributed by atoms with van der Waals surface area (Å²) in [6.45, 7) is 17.2. The second-order valence-corrected chi connectivity index (χ2v) is 32.8. The Morgan fingerprint density at radius 2 is 0.821 bits per heavy atom. The van der Waals surface area contributed by atoms with Crippen molar-refractivity contribution >= 4 is 97.6 Å². The van der Waals surface area contributed by atoms with Crippen LogP contribution in [-0.2, 0) is 85.4 Å². The number of aromatic nitrogens is 4. The van der Waals surface area contributed by atoms with Gasteiger partial charge in [-0.05, 0) is 201 Å². The van der Waals surface area contributed by atoms with Crippen molar-refractivity contribution in [3.05, 3.63) is 247 Å². The van der Waals surface area contributed by atoms with E-state index < -0.39 is 50.8 Å². The Labute approximate surface area is 590 Å². The second kappa shape index (κ2) is 40.8. The van der Waals surface area contributed by atoms with Crippen LogP contribution in [-0.4, -0.2) is 76.9 Å². The average Bonchev–Trinajstić information content (AvgIpc) is 1.81. The first kappa shape index (κ1) is 83.4. The molecule has 17 nitrogen and oxygen atoms in total. The number of nitrogens with one attached hydrogen (secondary N) is 3. The lowest BCUT2D eigenvalue weighted by Gasteiger charge is -2.13. The fourth-order valence-electron chi connectivity index (χ4n) is 8.04. The van der Waals surface area contributed by atoms with Gasteiger partial charge < -0.3 is 20.6 Å². The highest BCUT2D eigenvalue weighted by molar-refractivity contribution is 9.11. The fourth-order valence-corrected chi connectivity index (χ4v) is 14.4. The van der Waals surface area contributed by atoms with Crippen LogP contribution >= 0.6 is 58.5 Å². The van der Waals surface area contributed by atoms with Gasteiger partial charge in [-0.2, -0.15) is 0 Å². The number of halogens is 6. The van der Waals surface area contributed by atoms with Gasteiger partial charge in [0.1, 0.15) is 11.6 Å². The maximum Gasteiger partial charge on any atom is 0.261 e. The van der Waals surface area contributed by atoms with Gasteiger partial charge >= 0.3 is 0 Å². The summed E-state index contributed by atoms with van der Waals surface area (Å²) in [5.74, 6) is -1.02. The quantitative estimate of drug-likeness (QED) is 0.0503. The predicted octanol–water partition coefficient (Wildman–Crippen LogP) is 14.5. The highest BCUT2D eigenvalue weighted by atomic mass is 79.9. The van der Waals surface area contributed by atoms with E-state index in [9.17, 15) is 42.5 Å². The summed E-state index contributed by atoms with van der Waals surface area (Å²) in [5, 5.41) is 0. The molecule has 27 heteroatoms. The van der Waals surface area contributed by atoms with Gasteiger partial charge in [0.2, 0.25) is 30.1 Å². The first-order valence-corrected chi connectivity index (χ1v) is 38.9. The molecule has 7 N–H and O–H groups in total. The Morgan fingerprint density at radius 1 is 0.474 bits per heavy atom.